The van der Waals surface area contributed by atoms with Crippen molar-refractivity contribution in [1.82, 2.24) is 5.43 Å². The molecular weight excluding hydrogens is 434 g/mol. The van der Waals surface area contributed by atoms with E-state index in [1.807, 2.05) is 50.2 Å². The molecule has 0 aliphatic heterocycles. The summed E-state index contributed by atoms with van der Waals surface area (Å²) in [5, 5.41) is 18.3. The first kappa shape index (κ1) is 21.1. The highest BCUT2D eigenvalue weighted by Crippen LogP contribution is 2.33. The van der Waals surface area contributed by atoms with Gasteiger partial charge in [0.05, 0.1) is 16.7 Å². The minimum atomic E-state index is -0.506. The number of nitro benzene ring substituents is 1. The first-order valence-electron chi connectivity index (χ1n) is 10.5. The Balaban J connectivity index is 1.35. The van der Waals surface area contributed by atoms with E-state index in [-0.39, 0.29) is 11.4 Å². The highest BCUT2D eigenvalue weighted by Gasteiger charge is 2.19. The molecule has 5 rings (SSSR count). The van der Waals surface area contributed by atoms with Crippen molar-refractivity contribution < 1.29 is 18.6 Å². The number of carbonyl (C=O) groups excluding carboxylic acids is 1. The number of hydrogen-bond donors (Lipinski definition) is 1. The minimum absolute atomic E-state index is 0.0355. The molecule has 0 saturated carbocycles. The van der Waals surface area contributed by atoms with Gasteiger partial charge in [0.15, 0.2) is 5.76 Å². The minimum Gasteiger partial charge on any atom is -0.455 e. The SMILES string of the molecule is Cc1cc(-c2ccc(/C=N\NC(=O)c3cc4c(ccc5ccccc54)o3)o2)c([N+](=O)[O-])cc1C. The van der Waals surface area contributed by atoms with Gasteiger partial charge in [-0.2, -0.15) is 5.10 Å². The highest BCUT2D eigenvalue weighted by atomic mass is 16.6. The standard InChI is InChI=1S/C26H19N3O5/c1-15-11-21(22(29(31)32)12-16(15)2)24-10-8-18(33-24)14-27-28-26(30)25-13-20-19-6-4-3-5-17(19)7-9-23(20)34-25/h3-14H,1-2H3,(H,28,30)/b27-14-. The van der Waals surface area contributed by atoms with Crippen molar-refractivity contribution in [2.24, 2.45) is 5.10 Å². The van der Waals surface area contributed by atoms with Gasteiger partial charge in [-0.15, -0.1) is 0 Å². The second-order valence-electron chi connectivity index (χ2n) is 7.92. The van der Waals surface area contributed by atoms with Crippen molar-refractivity contribution in [1.29, 1.82) is 0 Å². The smallest absolute Gasteiger partial charge is 0.307 e. The number of rotatable bonds is 5. The molecule has 0 saturated heterocycles. The van der Waals surface area contributed by atoms with Crippen LogP contribution in [0, 0.1) is 24.0 Å². The molecule has 1 N–H and O–H groups in total. The molecule has 0 fully saturated rings. The monoisotopic (exact) mass is 453 g/mol. The Morgan fingerprint density at radius 1 is 0.971 bits per heavy atom. The molecule has 2 aromatic heterocycles. The highest BCUT2D eigenvalue weighted by molar-refractivity contribution is 6.08. The zero-order chi connectivity index (χ0) is 23.8. The van der Waals surface area contributed by atoms with Crippen LogP contribution in [0.15, 0.2) is 80.7 Å². The Bertz CT molecular complexity index is 1610. The molecular formula is C26H19N3O5. The second kappa shape index (κ2) is 8.32. The molecule has 5 aromatic rings. The first-order valence-corrected chi connectivity index (χ1v) is 10.5. The third-order valence-corrected chi connectivity index (χ3v) is 5.71. The van der Waals surface area contributed by atoms with Crippen molar-refractivity contribution >= 4 is 39.6 Å². The Kier molecular flexibility index (Phi) is 5.18. The van der Waals surface area contributed by atoms with Crippen LogP contribution < -0.4 is 5.43 Å². The lowest BCUT2D eigenvalue weighted by Gasteiger charge is -2.04. The number of nitrogens with zero attached hydrogens (tertiary/aromatic N) is 2. The zero-order valence-corrected chi connectivity index (χ0v) is 18.4. The van der Waals surface area contributed by atoms with Gasteiger partial charge in [0.25, 0.3) is 5.69 Å². The van der Waals surface area contributed by atoms with Crippen LogP contribution in [0.3, 0.4) is 0 Å². The van der Waals surface area contributed by atoms with Crippen LogP contribution in [-0.2, 0) is 0 Å². The number of nitrogens with one attached hydrogen (secondary N) is 1. The average Bonchev–Trinajstić information content (AvgIpc) is 3.48. The lowest BCUT2D eigenvalue weighted by Crippen LogP contribution is -2.16. The van der Waals surface area contributed by atoms with Gasteiger partial charge in [0.1, 0.15) is 17.1 Å². The summed E-state index contributed by atoms with van der Waals surface area (Å²) in [7, 11) is 0. The summed E-state index contributed by atoms with van der Waals surface area (Å²) in [4.78, 5) is 23.6. The van der Waals surface area contributed by atoms with E-state index in [1.54, 1.807) is 24.3 Å². The molecule has 0 spiro atoms. The van der Waals surface area contributed by atoms with Crippen LogP contribution >= 0.6 is 0 Å². The molecule has 0 unspecified atom stereocenters. The molecule has 34 heavy (non-hydrogen) atoms. The van der Waals surface area contributed by atoms with E-state index in [0.29, 0.717) is 22.7 Å². The summed E-state index contributed by atoms with van der Waals surface area (Å²) in [5.41, 5.74) is 5.11. The van der Waals surface area contributed by atoms with Gasteiger partial charge in [0.2, 0.25) is 0 Å². The van der Waals surface area contributed by atoms with E-state index in [0.717, 1.165) is 27.3 Å². The van der Waals surface area contributed by atoms with Crippen molar-refractivity contribution in [3.8, 4) is 11.3 Å². The number of fused-ring (bicyclic) bond motifs is 3. The number of hydrazone groups is 1. The number of hydrogen-bond acceptors (Lipinski definition) is 6. The van der Waals surface area contributed by atoms with Crippen molar-refractivity contribution in [3.63, 3.8) is 0 Å². The van der Waals surface area contributed by atoms with Crippen LogP contribution in [0.2, 0.25) is 0 Å². The number of carbonyl (C=O) groups is 1. The summed E-state index contributed by atoms with van der Waals surface area (Å²) in [6.45, 7) is 3.70. The van der Waals surface area contributed by atoms with E-state index >= 15 is 0 Å². The number of aryl methyl sites for hydroxylation is 2. The normalized spacial score (nSPS) is 11.5. The fourth-order valence-electron chi connectivity index (χ4n) is 3.83. The van der Waals surface area contributed by atoms with Gasteiger partial charge in [0, 0.05) is 11.5 Å². The molecule has 0 aliphatic carbocycles. The average molecular weight is 453 g/mol. The Labute approximate surface area is 193 Å². The van der Waals surface area contributed by atoms with Gasteiger partial charge in [-0.25, -0.2) is 5.43 Å². The van der Waals surface area contributed by atoms with E-state index in [4.69, 9.17) is 8.83 Å². The maximum Gasteiger partial charge on any atom is 0.307 e. The molecule has 3 aromatic carbocycles. The lowest BCUT2D eigenvalue weighted by molar-refractivity contribution is -0.384. The molecule has 8 nitrogen and oxygen atoms in total. The predicted molar refractivity (Wildman–Crippen MR) is 129 cm³/mol. The van der Waals surface area contributed by atoms with Crippen molar-refractivity contribution in [2.75, 3.05) is 0 Å². The number of benzene rings is 3. The largest absolute Gasteiger partial charge is 0.455 e. The lowest BCUT2D eigenvalue weighted by atomic mass is 10.0. The van der Waals surface area contributed by atoms with Gasteiger partial charge < -0.3 is 8.83 Å². The van der Waals surface area contributed by atoms with Crippen LogP contribution in [0.1, 0.15) is 27.4 Å². The molecule has 1 amide bonds. The maximum atomic E-state index is 12.5. The summed E-state index contributed by atoms with van der Waals surface area (Å²) >= 11 is 0. The summed E-state index contributed by atoms with van der Waals surface area (Å²) < 4.78 is 11.4. The van der Waals surface area contributed by atoms with Gasteiger partial charge in [-0.3, -0.25) is 14.9 Å². The third-order valence-electron chi connectivity index (χ3n) is 5.71. The Morgan fingerprint density at radius 2 is 1.76 bits per heavy atom. The quantitative estimate of drug-likeness (QED) is 0.195. The van der Waals surface area contributed by atoms with E-state index < -0.39 is 10.8 Å². The van der Waals surface area contributed by atoms with Gasteiger partial charge in [-0.1, -0.05) is 30.3 Å². The van der Waals surface area contributed by atoms with Crippen LogP contribution in [0.5, 0.6) is 0 Å². The number of nitro groups is 1. The van der Waals surface area contributed by atoms with E-state index in [2.05, 4.69) is 10.5 Å². The Hall–Kier alpha value is -4.72. The molecule has 0 aliphatic rings. The predicted octanol–water partition coefficient (Wildman–Crippen LogP) is 6.13. The molecule has 168 valence electrons. The zero-order valence-electron chi connectivity index (χ0n) is 18.4. The van der Waals surface area contributed by atoms with E-state index in [1.165, 1.54) is 12.3 Å². The fraction of sp³-hybridized carbons (Fsp3) is 0.0769. The first-order chi connectivity index (χ1) is 16.4. The molecule has 0 atom stereocenters. The topological polar surface area (TPSA) is 111 Å². The van der Waals surface area contributed by atoms with Crippen molar-refractivity contribution in [3.05, 3.63) is 99.5 Å². The van der Waals surface area contributed by atoms with Crippen LogP contribution in [-0.4, -0.2) is 17.0 Å². The van der Waals surface area contributed by atoms with Crippen LogP contribution in [0.4, 0.5) is 5.69 Å². The molecule has 0 radical (unpaired) electrons. The van der Waals surface area contributed by atoms with Crippen molar-refractivity contribution in [2.45, 2.75) is 13.8 Å². The molecule has 2 heterocycles. The summed E-state index contributed by atoms with van der Waals surface area (Å²) in [5.74, 6) is 0.299. The maximum absolute atomic E-state index is 12.5. The van der Waals surface area contributed by atoms with E-state index in [9.17, 15) is 14.9 Å². The van der Waals surface area contributed by atoms with Crippen LogP contribution in [0.25, 0.3) is 33.1 Å². The third kappa shape index (κ3) is 3.81. The number of furan rings is 2. The molecule has 0 bridgehead atoms. The van der Waals surface area contributed by atoms with Gasteiger partial charge in [-0.05, 0) is 66.1 Å². The summed E-state index contributed by atoms with van der Waals surface area (Å²) in [6.07, 6.45) is 1.33. The second-order valence-corrected chi connectivity index (χ2v) is 7.92. The Morgan fingerprint density at radius 3 is 2.59 bits per heavy atom. The van der Waals surface area contributed by atoms with Gasteiger partial charge >= 0.3 is 5.91 Å². The summed E-state index contributed by atoms with van der Waals surface area (Å²) in [6, 6.07) is 19.8. The molecule has 8 heteroatoms. The fourth-order valence-corrected chi connectivity index (χ4v) is 3.83. The number of amides is 1.